The number of rotatable bonds is 8. The topological polar surface area (TPSA) is 68.6 Å². The second-order valence-electron chi connectivity index (χ2n) is 5.52. The van der Waals surface area contributed by atoms with Crippen LogP contribution in [0.4, 0.5) is 5.69 Å². The van der Waals surface area contributed by atoms with Gasteiger partial charge in [0, 0.05) is 12.1 Å². The third-order valence-corrected chi connectivity index (χ3v) is 3.84. The van der Waals surface area contributed by atoms with Crippen LogP contribution < -0.4 is 20.3 Å². The normalized spacial score (nSPS) is 15.5. The zero-order valence-corrected chi connectivity index (χ0v) is 13.3. The zero-order valence-electron chi connectivity index (χ0n) is 13.3. The highest BCUT2D eigenvalue weighted by Crippen LogP contribution is 2.14. The van der Waals surface area contributed by atoms with Gasteiger partial charge in [-0.25, -0.2) is 0 Å². The van der Waals surface area contributed by atoms with E-state index in [9.17, 15) is 4.79 Å². The van der Waals surface area contributed by atoms with Gasteiger partial charge >= 0.3 is 0 Å². The maximum absolute atomic E-state index is 11.8. The lowest BCUT2D eigenvalue weighted by molar-refractivity contribution is -0.909. The second-order valence-corrected chi connectivity index (χ2v) is 5.52. The van der Waals surface area contributed by atoms with E-state index in [1.807, 2.05) is 24.3 Å². The number of hydrogen-bond acceptors (Lipinski definition) is 3. The molecule has 1 aromatic carbocycles. The summed E-state index contributed by atoms with van der Waals surface area (Å²) in [5.74, 6) is 0.819. The summed E-state index contributed by atoms with van der Waals surface area (Å²) in [6, 6.07) is 7.37. The maximum Gasteiger partial charge on any atom is 0.279 e. The maximum atomic E-state index is 11.8. The molecule has 1 heterocycles. The van der Waals surface area contributed by atoms with Gasteiger partial charge in [-0.15, -0.1) is 0 Å². The third-order valence-electron chi connectivity index (χ3n) is 3.84. The molecule has 6 heteroatoms. The molecule has 2 rings (SSSR count). The molecule has 6 nitrogen and oxygen atoms in total. The lowest BCUT2D eigenvalue weighted by atomic mass is 10.3. The summed E-state index contributed by atoms with van der Waals surface area (Å²) in [6.07, 6.45) is 1.13. The van der Waals surface area contributed by atoms with Crippen molar-refractivity contribution in [3.8, 4) is 5.75 Å². The molecule has 1 saturated heterocycles. The van der Waals surface area contributed by atoms with Crippen molar-refractivity contribution in [2.24, 2.45) is 0 Å². The summed E-state index contributed by atoms with van der Waals surface area (Å²) >= 11 is 0. The highest BCUT2D eigenvalue weighted by molar-refractivity contribution is 5.91. The Hall–Kier alpha value is -1.63. The predicted molar refractivity (Wildman–Crippen MR) is 84.3 cm³/mol. The van der Waals surface area contributed by atoms with E-state index < -0.39 is 0 Å². The Balaban J connectivity index is 1.55. The minimum atomic E-state index is 0.0314. The van der Waals surface area contributed by atoms with Crippen LogP contribution in [0.25, 0.3) is 0 Å². The Morgan fingerprint density at radius 2 is 2.05 bits per heavy atom. The summed E-state index contributed by atoms with van der Waals surface area (Å²) in [5.41, 5.74) is 0.803. The molecule has 0 spiro atoms. The highest BCUT2D eigenvalue weighted by Gasteiger charge is 2.13. The van der Waals surface area contributed by atoms with Crippen LogP contribution in [-0.4, -0.2) is 59.0 Å². The number of hydrogen-bond donors (Lipinski definition) is 3. The van der Waals surface area contributed by atoms with Gasteiger partial charge in [-0.1, -0.05) is 0 Å². The molecule has 4 N–H and O–H groups in total. The molecule has 1 aromatic rings. The summed E-state index contributed by atoms with van der Waals surface area (Å²) in [5, 5.41) is 4.95. The van der Waals surface area contributed by atoms with Crippen molar-refractivity contribution in [1.29, 1.82) is 0 Å². The number of anilines is 1. The Labute approximate surface area is 131 Å². The van der Waals surface area contributed by atoms with E-state index in [0.717, 1.165) is 50.7 Å². The molecule has 0 aromatic heterocycles. The number of nitrogens with one attached hydrogen (secondary N) is 2. The number of methoxy groups -OCH3 is 1. The van der Waals surface area contributed by atoms with Gasteiger partial charge in [-0.2, -0.15) is 0 Å². The summed E-state index contributed by atoms with van der Waals surface area (Å²) in [7, 11) is 1.63. The predicted octanol–water partition coefficient (Wildman–Crippen LogP) is -1.50. The van der Waals surface area contributed by atoms with Gasteiger partial charge in [0.05, 0.1) is 33.4 Å². The fourth-order valence-electron chi connectivity index (χ4n) is 2.53. The first-order valence-electron chi connectivity index (χ1n) is 7.95. The molecule has 1 aliphatic heterocycles. The Morgan fingerprint density at radius 1 is 1.32 bits per heavy atom. The van der Waals surface area contributed by atoms with E-state index in [0.29, 0.717) is 6.54 Å². The first-order valence-corrected chi connectivity index (χ1v) is 7.95. The zero-order chi connectivity index (χ0) is 15.6. The van der Waals surface area contributed by atoms with Crippen LogP contribution in [0.15, 0.2) is 24.3 Å². The van der Waals surface area contributed by atoms with Crippen molar-refractivity contribution in [3.63, 3.8) is 0 Å². The van der Waals surface area contributed by atoms with Crippen LogP contribution in [0, 0.1) is 0 Å². The molecule has 0 unspecified atom stereocenters. The van der Waals surface area contributed by atoms with Gasteiger partial charge in [0.1, 0.15) is 18.8 Å². The number of quaternary nitrogens is 2. The van der Waals surface area contributed by atoms with Crippen molar-refractivity contribution in [3.05, 3.63) is 24.3 Å². The van der Waals surface area contributed by atoms with E-state index in [2.05, 4.69) is 10.6 Å². The SMILES string of the molecule is COc1ccc(NC(=O)C[NH2+]CCC[NH+]2CCOCC2)cc1. The first-order chi connectivity index (χ1) is 10.8. The number of benzene rings is 1. The Morgan fingerprint density at radius 3 is 2.73 bits per heavy atom. The van der Waals surface area contributed by atoms with Crippen LogP contribution in [0.1, 0.15) is 6.42 Å². The molecular formula is C16H27N3O3+2. The van der Waals surface area contributed by atoms with E-state index in [1.54, 1.807) is 12.0 Å². The van der Waals surface area contributed by atoms with Gasteiger partial charge in [0.25, 0.3) is 5.91 Å². The summed E-state index contributed by atoms with van der Waals surface area (Å²) < 4.78 is 10.4. The number of amides is 1. The van der Waals surface area contributed by atoms with Crippen LogP contribution in [-0.2, 0) is 9.53 Å². The molecule has 0 saturated carbocycles. The molecule has 0 bridgehead atoms. The van der Waals surface area contributed by atoms with Crippen molar-refractivity contribution in [2.45, 2.75) is 6.42 Å². The second kappa shape index (κ2) is 9.40. The number of carbonyl (C=O) groups is 1. The third kappa shape index (κ3) is 6.01. The standard InChI is InChI=1S/C16H25N3O3/c1-21-15-5-3-14(4-6-15)18-16(20)13-17-7-2-8-19-9-11-22-12-10-19/h3-6,17H,2,7-13H2,1H3,(H,18,20)/p+2. The largest absolute Gasteiger partial charge is 0.497 e. The molecule has 0 radical (unpaired) electrons. The van der Waals surface area contributed by atoms with Crippen LogP contribution >= 0.6 is 0 Å². The van der Waals surface area contributed by atoms with E-state index in [4.69, 9.17) is 9.47 Å². The first kappa shape index (κ1) is 16.7. The number of carbonyl (C=O) groups excluding carboxylic acids is 1. The van der Waals surface area contributed by atoms with Crippen molar-refractivity contribution in [2.75, 3.05) is 58.4 Å². The van der Waals surface area contributed by atoms with Crippen molar-refractivity contribution < 1.29 is 24.5 Å². The molecule has 0 aliphatic carbocycles. The fourth-order valence-corrected chi connectivity index (χ4v) is 2.53. The van der Waals surface area contributed by atoms with Gasteiger partial charge in [-0.3, -0.25) is 4.79 Å². The number of ether oxygens (including phenoxy) is 2. The van der Waals surface area contributed by atoms with Crippen LogP contribution in [0.3, 0.4) is 0 Å². The Kier molecular flexibility index (Phi) is 7.15. The molecule has 1 amide bonds. The molecule has 1 fully saturated rings. The summed E-state index contributed by atoms with van der Waals surface area (Å²) in [4.78, 5) is 13.4. The smallest absolute Gasteiger partial charge is 0.279 e. The van der Waals surface area contributed by atoms with Crippen molar-refractivity contribution in [1.82, 2.24) is 0 Å². The van der Waals surface area contributed by atoms with E-state index >= 15 is 0 Å². The lowest BCUT2D eigenvalue weighted by Crippen LogP contribution is -3.14. The monoisotopic (exact) mass is 309 g/mol. The lowest BCUT2D eigenvalue weighted by Gasteiger charge is -2.23. The number of nitrogens with two attached hydrogens (primary N) is 1. The van der Waals surface area contributed by atoms with E-state index in [1.165, 1.54) is 6.54 Å². The highest BCUT2D eigenvalue weighted by atomic mass is 16.5. The van der Waals surface area contributed by atoms with Gasteiger partial charge in [0.2, 0.25) is 0 Å². The molecular weight excluding hydrogens is 282 g/mol. The van der Waals surface area contributed by atoms with E-state index in [-0.39, 0.29) is 5.91 Å². The quantitative estimate of drug-likeness (QED) is 0.512. The summed E-state index contributed by atoms with van der Waals surface area (Å²) in [6.45, 7) is 6.59. The molecule has 0 atom stereocenters. The molecule has 22 heavy (non-hydrogen) atoms. The van der Waals surface area contributed by atoms with Gasteiger partial charge in [-0.05, 0) is 24.3 Å². The Bertz CT molecular complexity index is 444. The minimum absolute atomic E-state index is 0.0314. The average molecular weight is 309 g/mol. The molecule has 122 valence electrons. The average Bonchev–Trinajstić information content (AvgIpc) is 2.56. The number of morpholine rings is 1. The molecule has 1 aliphatic rings. The van der Waals surface area contributed by atoms with Gasteiger partial charge in [0.15, 0.2) is 6.54 Å². The fraction of sp³-hybridized carbons (Fsp3) is 0.562. The van der Waals surface area contributed by atoms with Crippen LogP contribution in [0.2, 0.25) is 0 Å². The van der Waals surface area contributed by atoms with Crippen molar-refractivity contribution >= 4 is 11.6 Å². The minimum Gasteiger partial charge on any atom is -0.497 e. The van der Waals surface area contributed by atoms with Crippen LogP contribution in [0.5, 0.6) is 5.75 Å². The van der Waals surface area contributed by atoms with Gasteiger partial charge < -0.3 is 25.0 Å².